The zero-order chi connectivity index (χ0) is 18.1. The Balaban J connectivity index is 1.76. The molecule has 0 unspecified atom stereocenters. The van der Waals surface area contributed by atoms with E-state index in [2.05, 4.69) is 15.4 Å². The molecule has 0 aliphatic heterocycles. The summed E-state index contributed by atoms with van der Waals surface area (Å²) in [6, 6.07) is 13.9. The maximum Gasteiger partial charge on any atom is 0.165 e. The molecule has 0 aliphatic carbocycles. The van der Waals surface area contributed by atoms with Crippen molar-refractivity contribution in [3.05, 3.63) is 71.8 Å². The summed E-state index contributed by atoms with van der Waals surface area (Å²) >= 11 is 5.83. The van der Waals surface area contributed by atoms with Gasteiger partial charge in [-0.25, -0.2) is 13.9 Å². The summed E-state index contributed by atoms with van der Waals surface area (Å²) < 4.78 is 20.4. The molecule has 26 heavy (non-hydrogen) atoms. The number of anilines is 2. The standard InChI is InChI=1S/C19H14ClFN4O/c1-26-17-5-3-2-4-13(17)14-11-22-25-9-8-18(24-19(14)25)23-12-6-7-16(21)15(20)10-12/h2-11H,1H3,(H,23,24). The number of fused-ring (bicyclic) bond motifs is 1. The molecule has 0 bridgehead atoms. The SMILES string of the molecule is COc1ccccc1-c1cnn2ccc(Nc3ccc(F)c(Cl)c3)nc12. The molecule has 0 aliphatic rings. The van der Waals surface area contributed by atoms with E-state index in [0.29, 0.717) is 17.2 Å². The number of aromatic nitrogens is 3. The van der Waals surface area contributed by atoms with Gasteiger partial charge in [-0.2, -0.15) is 5.10 Å². The van der Waals surface area contributed by atoms with Gasteiger partial charge >= 0.3 is 0 Å². The summed E-state index contributed by atoms with van der Waals surface area (Å²) in [5.74, 6) is 0.875. The van der Waals surface area contributed by atoms with Gasteiger partial charge < -0.3 is 10.1 Å². The van der Waals surface area contributed by atoms with Crippen molar-refractivity contribution in [1.29, 1.82) is 0 Å². The third-order valence-corrected chi connectivity index (χ3v) is 4.25. The second-order valence-corrected chi connectivity index (χ2v) is 6.00. The van der Waals surface area contributed by atoms with Gasteiger partial charge in [-0.15, -0.1) is 0 Å². The predicted octanol–water partition coefficient (Wildman–Crippen LogP) is 4.94. The molecular weight excluding hydrogens is 355 g/mol. The highest BCUT2D eigenvalue weighted by atomic mass is 35.5. The average Bonchev–Trinajstić information content (AvgIpc) is 3.08. The molecule has 0 amide bonds. The van der Waals surface area contributed by atoms with E-state index < -0.39 is 5.82 Å². The van der Waals surface area contributed by atoms with E-state index in [0.717, 1.165) is 16.9 Å². The first kappa shape index (κ1) is 16.4. The van der Waals surface area contributed by atoms with Crippen molar-refractivity contribution in [3.8, 4) is 16.9 Å². The van der Waals surface area contributed by atoms with Crippen LogP contribution in [-0.2, 0) is 0 Å². The van der Waals surface area contributed by atoms with Gasteiger partial charge in [0.25, 0.3) is 0 Å². The lowest BCUT2D eigenvalue weighted by Gasteiger charge is -2.09. The number of ether oxygens (including phenoxy) is 1. The maximum absolute atomic E-state index is 13.3. The van der Waals surface area contributed by atoms with Crippen molar-refractivity contribution in [3.63, 3.8) is 0 Å². The van der Waals surface area contributed by atoms with Gasteiger partial charge in [0.05, 0.1) is 23.9 Å². The molecule has 5 nitrogen and oxygen atoms in total. The number of hydrogen-bond donors (Lipinski definition) is 1. The van der Waals surface area contributed by atoms with Gasteiger partial charge in [-0.1, -0.05) is 29.8 Å². The van der Waals surface area contributed by atoms with Crippen LogP contribution in [0.1, 0.15) is 0 Å². The summed E-state index contributed by atoms with van der Waals surface area (Å²) in [5, 5.41) is 7.52. The van der Waals surface area contributed by atoms with E-state index in [1.54, 1.807) is 36.2 Å². The van der Waals surface area contributed by atoms with Gasteiger partial charge in [-0.3, -0.25) is 0 Å². The molecule has 0 radical (unpaired) electrons. The van der Waals surface area contributed by atoms with Crippen LogP contribution in [-0.4, -0.2) is 21.7 Å². The summed E-state index contributed by atoms with van der Waals surface area (Å²) in [6.07, 6.45) is 3.55. The van der Waals surface area contributed by atoms with Crippen molar-refractivity contribution < 1.29 is 9.13 Å². The van der Waals surface area contributed by atoms with Gasteiger partial charge in [0, 0.05) is 17.4 Å². The Labute approximate surface area is 154 Å². The van der Waals surface area contributed by atoms with Crippen LogP contribution in [0.25, 0.3) is 16.8 Å². The molecule has 7 heteroatoms. The lowest BCUT2D eigenvalue weighted by Crippen LogP contribution is -1.98. The lowest BCUT2D eigenvalue weighted by atomic mass is 10.1. The summed E-state index contributed by atoms with van der Waals surface area (Å²) in [5.41, 5.74) is 3.07. The van der Waals surface area contributed by atoms with Crippen molar-refractivity contribution in [2.75, 3.05) is 12.4 Å². The van der Waals surface area contributed by atoms with Crippen LogP contribution in [0.15, 0.2) is 60.9 Å². The first-order chi connectivity index (χ1) is 12.7. The maximum atomic E-state index is 13.3. The number of hydrogen-bond acceptors (Lipinski definition) is 4. The number of halogens is 2. The number of nitrogens with zero attached hydrogens (tertiary/aromatic N) is 3. The van der Waals surface area contributed by atoms with E-state index >= 15 is 0 Å². The average molecular weight is 369 g/mol. The van der Waals surface area contributed by atoms with Crippen LogP contribution in [0.5, 0.6) is 5.75 Å². The fourth-order valence-electron chi connectivity index (χ4n) is 2.72. The largest absolute Gasteiger partial charge is 0.496 e. The minimum atomic E-state index is -0.463. The minimum absolute atomic E-state index is 0.0511. The monoisotopic (exact) mass is 368 g/mol. The van der Waals surface area contributed by atoms with E-state index in [1.807, 2.05) is 24.3 Å². The Morgan fingerprint density at radius 2 is 1.96 bits per heavy atom. The molecule has 0 saturated heterocycles. The van der Waals surface area contributed by atoms with Crippen LogP contribution in [0.3, 0.4) is 0 Å². The van der Waals surface area contributed by atoms with Crippen LogP contribution in [0.2, 0.25) is 5.02 Å². The van der Waals surface area contributed by atoms with Crippen molar-refractivity contribution in [1.82, 2.24) is 14.6 Å². The van der Waals surface area contributed by atoms with E-state index in [4.69, 9.17) is 16.3 Å². The molecule has 130 valence electrons. The van der Waals surface area contributed by atoms with Gasteiger partial charge in [-0.05, 0) is 30.3 Å². The highest BCUT2D eigenvalue weighted by Crippen LogP contribution is 2.32. The van der Waals surface area contributed by atoms with Crippen molar-refractivity contribution >= 4 is 28.8 Å². The Morgan fingerprint density at radius 1 is 1.12 bits per heavy atom. The Hall–Kier alpha value is -3.12. The number of para-hydroxylation sites is 1. The predicted molar refractivity (Wildman–Crippen MR) is 99.7 cm³/mol. The molecule has 1 N–H and O–H groups in total. The number of benzene rings is 2. The normalized spacial score (nSPS) is 10.9. The van der Waals surface area contributed by atoms with Gasteiger partial charge in [0.1, 0.15) is 17.4 Å². The van der Waals surface area contributed by atoms with E-state index in [1.165, 1.54) is 12.1 Å². The second kappa shape index (κ2) is 6.65. The van der Waals surface area contributed by atoms with Crippen LogP contribution >= 0.6 is 11.6 Å². The molecule has 0 saturated carbocycles. The summed E-state index contributed by atoms with van der Waals surface area (Å²) in [6.45, 7) is 0. The zero-order valence-corrected chi connectivity index (χ0v) is 14.5. The molecule has 2 aromatic heterocycles. The van der Waals surface area contributed by atoms with E-state index in [-0.39, 0.29) is 5.02 Å². The first-order valence-electron chi connectivity index (χ1n) is 7.85. The molecular formula is C19H14ClFN4O. The molecule has 4 rings (SSSR count). The summed E-state index contributed by atoms with van der Waals surface area (Å²) in [4.78, 5) is 4.63. The van der Waals surface area contributed by atoms with Gasteiger partial charge in [0.2, 0.25) is 0 Å². The minimum Gasteiger partial charge on any atom is -0.496 e. The molecule has 2 aromatic carbocycles. The smallest absolute Gasteiger partial charge is 0.165 e. The zero-order valence-electron chi connectivity index (χ0n) is 13.8. The third kappa shape index (κ3) is 2.95. The molecule has 0 spiro atoms. The fourth-order valence-corrected chi connectivity index (χ4v) is 2.90. The first-order valence-corrected chi connectivity index (χ1v) is 8.23. The topological polar surface area (TPSA) is 51.5 Å². The fraction of sp³-hybridized carbons (Fsp3) is 0.0526. The number of methoxy groups -OCH3 is 1. The third-order valence-electron chi connectivity index (χ3n) is 3.96. The Morgan fingerprint density at radius 3 is 2.77 bits per heavy atom. The second-order valence-electron chi connectivity index (χ2n) is 5.59. The Bertz CT molecular complexity index is 1100. The van der Waals surface area contributed by atoms with Crippen LogP contribution in [0.4, 0.5) is 15.9 Å². The van der Waals surface area contributed by atoms with E-state index in [9.17, 15) is 4.39 Å². The van der Waals surface area contributed by atoms with Crippen molar-refractivity contribution in [2.45, 2.75) is 0 Å². The highest BCUT2D eigenvalue weighted by Gasteiger charge is 2.13. The van der Waals surface area contributed by atoms with Crippen LogP contribution in [0, 0.1) is 5.82 Å². The molecule has 0 fully saturated rings. The molecule has 2 heterocycles. The number of nitrogens with one attached hydrogen (secondary N) is 1. The van der Waals surface area contributed by atoms with Gasteiger partial charge in [0.15, 0.2) is 5.65 Å². The Kier molecular flexibility index (Phi) is 4.18. The van der Waals surface area contributed by atoms with Crippen LogP contribution < -0.4 is 10.1 Å². The molecule has 4 aromatic rings. The summed E-state index contributed by atoms with van der Waals surface area (Å²) in [7, 11) is 1.63. The lowest BCUT2D eigenvalue weighted by molar-refractivity contribution is 0.416. The van der Waals surface area contributed by atoms with Crippen molar-refractivity contribution in [2.24, 2.45) is 0 Å². The number of rotatable bonds is 4. The molecule has 0 atom stereocenters. The highest BCUT2D eigenvalue weighted by molar-refractivity contribution is 6.31. The quantitative estimate of drug-likeness (QED) is 0.554.